The van der Waals surface area contributed by atoms with Gasteiger partial charge in [-0.2, -0.15) is 0 Å². The third kappa shape index (κ3) is 5.27. The first kappa shape index (κ1) is 24.7. The monoisotopic (exact) mass is 478 g/mol. The molecule has 0 atom stereocenters. The van der Waals surface area contributed by atoms with E-state index in [0.29, 0.717) is 17.0 Å². The van der Waals surface area contributed by atoms with Crippen molar-refractivity contribution in [3.05, 3.63) is 77.9 Å². The molecule has 3 aromatic carbocycles. The van der Waals surface area contributed by atoms with E-state index in [-0.39, 0.29) is 16.9 Å². The van der Waals surface area contributed by atoms with Crippen molar-refractivity contribution < 1.29 is 13.9 Å². The first-order valence-electron chi connectivity index (χ1n) is 12.7. The lowest BCUT2D eigenvalue weighted by Gasteiger charge is -2.38. The average Bonchev–Trinajstić information content (AvgIpc) is 2.85. The van der Waals surface area contributed by atoms with E-state index in [9.17, 15) is 13.9 Å². The summed E-state index contributed by atoms with van der Waals surface area (Å²) in [6, 6.07) is 18.9. The van der Waals surface area contributed by atoms with Crippen LogP contribution < -0.4 is 0 Å². The zero-order chi connectivity index (χ0) is 24.3. The molecule has 0 aromatic heterocycles. The molecule has 3 aromatic rings. The van der Waals surface area contributed by atoms with E-state index in [4.69, 9.17) is 0 Å². The lowest BCUT2D eigenvalue weighted by Crippen LogP contribution is -2.34. The number of halogens is 2. The number of phenolic OH excluding ortho intramolecular Hbond substituents is 1. The van der Waals surface area contributed by atoms with Crippen LogP contribution in [0.3, 0.4) is 0 Å². The maximum Gasteiger partial charge on any atom is 0.167 e. The highest BCUT2D eigenvalue weighted by Gasteiger charge is 2.34. The number of hydrogen-bond donors (Lipinski definition) is 1. The van der Waals surface area contributed by atoms with Crippen molar-refractivity contribution in [3.63, 3.8) is 0 Å². The molecule has 4 heteroatoms. The van der Waals surface area contributed by atoms with Crippen molar-refractivity contribution in [1.82, 2.24) is 0 Å². The van der Waals surface area contributed by atoms with Crippen LogP contribution in [0.1, 0.15) is 56.9 Å². The highest BCUT2D eigenvalue weighted by atomic mass is 28.3. The summed E-state index contributed by atoms with van der Waals surface area (Å²) in [4.78, 5) is 0. The lowest BCUT2D eigenvalue weighted by molar-refractivity contribution is 0.433. The summed E-state index contributed by atoms with van der Waals surface area (Å²) in [7, 11) is -1.14. The molecule has 0 heterocycles. The lowest BCUT2D eigenvalue weighted by atomic mass is 9.83. The molecule has 4 rings (SSSR count). The molecule has 1 saturated carbocycles. The topological polar surface area (TPSA) is 20.2 Å². The van der Waals surface area contributed by atoms with Crippen LogP contribution in [0.5, 0.6) is 5.75 Å². The molecule has 1 aliphatic carbocycles. The van der Waals surface area contributed by atoms with Gasteiger partial charge in [-0.3, -0.25) is 0 Å². The second-order valence-electron chi connectivity index (χ2n) is 10.6. The van der Waals surface area contributed by atoms with Gasteiger partial charge in [0.1, 0.15) is 5.75 Å². The second kappa shape index (κ2) is 10.4. The van der Waals surface area contributed by atoms with Crippen molar-refractivity contribution in [3.8, 4) is 28.0 Å². The Morgan fingerprint density at radius 3 is 1.76 bits per heavy atom. The first-order valence-corrected chi connectivity index (χ1v) is 16.0. The van der Waals surface area contributed by atoms with Gasteiger partial charge in [0.15, 0.2) is 11.6 Å². The predicted molar refractivity (Wildman–Crippen MR) is 141 cm³/mol. The third-order valence-corrected chi connectivity index (χ3v) is 12.4. The van der Waals surface area contributed by atoms with E-state index in [0.717, 1.165) is 5.54 Å². The Morgan fingerprint density at radius 1 is 0.765 bits per heavy atom. The zero-order valence-corrected chi connectivity index (χ0v) is 21.6. The summed E-state index contributed by atoms with van der Waals surface area (Å²) in [6.45, 7) is 7.43. The van der Waals surface area contributed by atoms with E-state index in [1.54, 1.807) is 24.3 Å². The van der Waals surface area contributed by atoms with Gasteiger partial charge in [-0.25, -0.2) is 8.78 Å². The molecule has 1 nitrogen and oxygen atoms in total. The van der Waals surface area contributed by atoms with Gasteiger partial charge in [0.2, 0.25) is 0 Å². The fourth-order valence-electron chi connectivity index (χ4n) is 5.62. The van der Waals surface area contributed by atoms with Gasteiger partial charge in [-0.05, 0) is 53.1 Å². The van der Waals surface area contributed by atoms with E-state index in [1.807, 2.05) is 12.1 Å². The summed E-state index contributed by atoms with van der Waals surface area (Å²) >= 11 is 0. The van der Waals surface area contributed by atoms with Crippen molar-refractivity contribution in [2.75, 3.05) is 0 Å². The van der Waals surface area contributed by atoms with Gasteiger partial charge in [-0.1, -0.05) is 100 Å². The molecule has 0 unspecified atom stereocenters. The predicted octanol–water partition coefficient (Wildman–Crippen LogP) is 9.54. The van der Waals surface area contributed by atoms with E-state index in [2.05, 4.69) is 32.2 Å². The van der Waals surface area contributed by atoms with Crippen LogP contribution in [0, 0.1) is 11.6 Å². The number of aromatic hydroxyl groups is 1. The van der Waals surface area contributed by atoms with Gasteiger partial charge >= 0.3 is 0 Å². The summed E-state index contributed by atoms with van der Waals surface area (Å²) in [5.74, 6) is -1.03. The molecule has 0 amide bonds. The van der Waals surface area contributed by atoms with Crippen LogP contribution >= 0.6 is 0 Å². The number of unbranched alkanes of at least 4 members (excludes halogenated alkanes) is 1. The standard InChI is InChI=1S/C30H36F2OSi/c1-4-5-20-34(2,3)26-16-12-22(13-17-26)21-6-8-23(9-7-21)27-18-19-28(30(32)29(27)31)24-10-14-25(33)15-11-24/h6-11,14-15,18-19,22,26,33H,4-5,12-13,16-17,20H2,1-3H3. The van der Waals surface area contributed by atoms with Gasteiger partial charge in [0, 0.05) is 11.1 Å². The zero-order valence-electron chi connectivity index (χ0n) is 20.6. The summed E-state index contributed by atoms with van der Waals surface area (Å²) in [5, 5.41) is 9.45. The van der Waals surface area contributed by atoms with Crippen molar-refractivity contribution in [1.29, 1.82) is 0 Å². The number of benzene rings is 3. The van der Waals surface area contributed by atoms with Crippen LogP contribution in [0.4, 0.5) is 8.78 Å². The van der Waals surface area contributed by atoms with E-state index >= 15 is 0 Å². The molecule has 0 bridgehead atoms. The van der Waals surface area contributed by atoms with Crippen LogP contribution in [0.25, 0.3) is 22.3 Å². The van der Waals surface area contributed by atoms with Crippen LogP contribution in [0.15, 0.2) is 60.7 Å². The summed E-state index contributed by atoms with van der Waals surface area (Å²) < 4.78 is 29.9. The summed E-state index contributed by atoms with van der Waals surface area (Å²) in [6.07, 6.45) is 7.78. The Labute approximate surface area is 203 Å². The van der Waals surface area contributed by atoms with Crippen LogP contribution in [-0.2, 0) is 0 Å². The Hall–Kier alpha value is -2.46. The minimum atomic E-state index is -1.14. The fraction of sp³-hybridized carbons (Fsp3) is 0.400. The molecule has 0 saturated heterocycles. The van der Waals surface area contributed by atoms with Gasteiger partial charge < -0.3 is 5.11 Å². The van der Waals surface area contributed by atoms with E-state index in [1.165, 1.54) is 62.3 Å². The Morgan fingerprint density at radius 2 is 1.26 bits per heavy atom. The number of phenols is 1. The molecular formula is C30H36F2OSi. The SMILES string of the molecule is CCCC[Si](C)(C)C1CCC(c2ccc(-c3ccc(-c4ccc(O)cc4)c(F)c3F)cc2)CC1. The third-order valence-electron chi connectivity index (χ3n) is 7.96. The molecule has 1 aliphatic rings. The van der Waals surface area contributed by atoms with Gasteiger partial charge in [0.25, 0.3) is 0 Å². The Kier molecular flexibility index (Phi) is 7.56. The maximum absolute atomic E-state index is 15.0. The molecule has 0 spiro atoms. The summed E-state index contributed by atoms with van der Waals surface area (Å²) in [5.41, 5.74) is 3.95. The molecule has 34 heavy (non-hydrogen) atoms. The second-order valence-corrected chi connectivity index (χ2v) is 15.9. The van der Waals surface area contributed by atoms with Gasteiger partial charge in [-0.15, -0.1) is 0 Å². The molecule has 1 fully saturated rings. The first-order chi connectivity index (χ1) is 16.3. The normalized spacial score (nSPS) is 18.7. The number of rotatable bonds is 7. The van der Waals surface area contributed by atoms with Crippen LogP contribution in [-0.4, -0.2) is 13.2 Å². The van der Waals surface area contributed by atoms with Gasteiger partial charge in [0.05, 0.1) is 8.07 Å². The molecule has 1 N–H and O–H groups in total. The highest BCUT2D eigenvalue weighted by molar-refractivity contribution is 6.78. The van der Waals surface area contributed by atoms with Crippen molar-refractivity contribution in [2.24, 2.45) is 0 Å². The number of hydrogen-bond acceptors (Lipinski definition) is 1. The maximum atomic E-state index is 15.0. The van der Waals surface area contributed by atoms with Crippen molar-refractivity contribution >= 4 is 8.07 Å². The Balaban J connectivity index is 1.46. The van der Waals surface area contributed by atoms with Crippen LogP contribution in [0.2, 0.25) is 24.7 Å². The molecule has 0 radical (unpaired) electrons. The minimum absolute atomic E-state index is 0.0945. The molecule has 0 aliphatic heterocycles. The minimum Gasteiger partial charge on any atom is -0.508 e. The Bertz CT molecular complexity index is 1100. The highest BCUT2D eigenvalue weighted by Crippen LogP contribution is 2.45. The smallest absolute Gasteiger partial charge is 0.167 e. The largest absolute Gasteiger partial charge is 0.508 e. The van der Waals surface area contributed by atoms with E-state index < -0.39 is 19.7 Å². The fourth-order valence-corrected chi connectivity index (χ4v) is 9.19. The molecular weight excluding hydrogens is 442 g/mol. The van der Waals surface area contributed by atoms with Crippen molar-refractivity contribution in [2.45, 2.75) is 76.0 Å². The quantitative estimate of drug-likeness (QED) is 0.335. The molecule has 180 valence electrons. The average molecular weight is 479 g/mol.